The number of benzene rings is 1. The molecule has 1 saturated heterocycles. The van der Waals surface area contributed by atoms with Gasteiger partial charge in [-0.3, -0.25) is 4.79 Å². The number of para-hydroxylation sites is 2. The monoisotopic (exact) mass is 312 g/mol. The van der Waals surface area contributed by atoms with Gasteiger partial charge in [-0.1, -0.05) is 12.1 Å². The van der Waals surface area contributed by atoms with E-state index in [1.54, 1.807) is 11.7 Å². The van der Waals surface area contributed by atoms with Gasteiger partial charge < -0.3 is 4.90 Å². The van der Waals surface area contributed by atoms with Crippen LogP contribution in [-0.2, 0) is 7.05 Å². The van der Waals surface area contributed by atoms with E-state index >= 15 is 0 Å². The minimum atomic E-state index is -0.270. The first-order valence-corrected chi connectivity index (χ1v) is 7.85. The summed E-state index contributed by atoms with van der Waals surface area (Å²) in [5.74, 6) is -0.109. The predicted molar refractivity (Wildman–Crippen MR) is 84.2 cm³/mol. The Balaban J connectivity index is 2.01. The molecule has 1 N–H and O–H groups in total. The predicted octanol–water partition coefficient (Wildman–Crippen LogP) is 0.626. The van der Waals surface area contributed by atoms with Gasteiger partial charge in [-0.15, -0.1) is 4.40 Å². The number of carbonyl (C=O) groups excluding carboxylic acids is 1. The van der Waals surface area contributed by atoms with Crippen LogP contribution in [-0.4, -0.2) is 38.4 Å². The maximum absolute atomic E-state index is 12.9. The lowest BCUT2D eigenvalue weighted by Crippen LogP contribution is -2.39. The molecule has 3 aromatic rings. The van der Waals surface area contributed by atoms with Crippen molar-refractivity contribution >= 4 is 22.6 Å². The minimum absolute atomic E-state index is 0.109. The van der Waals surface area contributed by atoms with E-state index in [4.69, 9.17) is 0 Å². The Morgan fingerprint density at radius 3 is 2.74 bits per heavy atom. The SMILES string of the molecule is C[n+]1[nH]c(=O)n2c3ccccc3nc(C(=O)N3CCCCC3)c21. The largest absolute Gasteiger partial charge is 0.449 e. The molecule has 0 saturated carbocycles. The number of aromatic nitrogens is 4. The van der Waals surface area contributed by atoms with Gasteiger partial charge in [-0.25, -0.2) is 9.78 Å². The molecule has 1 aliphatic heterocycles. The van der Waals surface area contributed by atoms with Gasteiger partial charge >= 0.3 is 11.3 Å². The van der Waals surface area contributed by atoms with Gasteiger partial charge in [0.25, 0.3) is 5.91 Å². The van der Waals surface area contributed by atoms with E-state index in [0.29, 0.717) is 22.4 Å². The van der Waals surface area contributed by atoms with Crippen LogP contribution in [0.1, 0.15) is 29.8 Å². The molecule has 1 fully saturated rings. The molecule has 0 bridgehead atoms. The molecule has 0 unspecified atom stereocenters. The molecule has 7 nitrogen and oxygen atoms in total. The zero-order valence-electron chi connectivity index (χ0n) is 13.0. The number of hydrogen-bond acceptors (Lipinski definition) is 3. The lowest BCUT2D eigenvalue weighted by molar-refractivity contribution is -0.705. The van der Waals surface area contributed by atoms with Crippen molar-refractivity contribution in [1.29, 1.82) is 0 Å². The third-order valence-electron chi connectivity index (χ3n) is 4.41. The molecule has 1 aliphatic rings. The van der Waals surface area contributed by atoms with Crippen LogP contribution in [0, 0.1) is 0 Å². The first kappa shape index (κ1) is 13.9. The molecule has 0 radical (unpaired) electrons. The van der Waals surface area contributed by atoms with Crippen molar-refractivity contribution in [2.45, 2.75) is 19.3 Å². The van der Waals surface area contributed by atoms with Crippen LogP contribution in [0.15, 0.2) is 29.1 Å². The number of carbonyl (C=O) groups is 1. The van der Waals surface area contributed by atoms with Crippen LogP contribution in [0.5, 0.6) is 0 Å². The van der Waals surface area contributed by atoms with Gasteiger partial charge in [0.05, 0.1) is 0 Å². The summed E-state index contributed by atoms with van der Waals surface area (Å²) in [5, 5.41) is 2.72. The van der Waals surface area contributed by atoms with Crippen molar-refractivity contribution in [3.8, 4) is 0 Å². The van der Waals surface area contributed by atoms with Crippen LogP contribution in [0.3, 0.4) is 0 Å². The van der Waals surface area contributed by atoms with E-state index in [1.807, 2.05) is 29.2 Å². The van der Waals surface area contributed by atoms with Crippen LogP contribution >= 0.6 is 0 Å². The number of fused-ring (bicyclic) bond motifs is 3. The van der Waals surface area contributed by atoms with Crippen molar-refractivity contribution < 1.29 is 9.48 Å². The molecule has 4 rings (SSSR count). The lowest BCUT2D eigenvalue weighted by atomic mass is 10.1. The summed E-state index contributed by atoms with van der Waals surface area (Å²) in [6.45, 7) is 1.50. The van der Waals surface area contributed by atoms with Crippen molar-refractivity contribution in [2.75, 3.05) is 13.1 Å². The number of rotatable bonds is 1. The van der Waals surface area contributed by atoms with E-state index in [1.165, 1.54) is 4.40 Å². The smallest absolute Gasteiger partial charge is 0.337 e. The van der Waals surface area contributed by atoms with Gasteiger partial charge in [-0.2, -0.15) is 9.78 Å². The molecular formula is C16H18N5O2+. The molecule has 0 aliphatic carbocycles. The number of nitrogens with zero attached hydrogens (tertiary/aromatic N) is 4. The number of piperidine rings is 1. The summed E-state index contributed by atoms with van der Waals surface area (Å²) in [4.78, 5) is 31.6. The van der Waals surface area contributed by atoms with Crippen molar-refractivity contribution in [2.24, 2.45) is 7.05 Å². The average Bonchev–Trinajstić information content (AvgIpc) is 2.89. The zero-order chi connectivity index (χ0) is 16.0. The van der Waals surface area contributed by atoms with Crippen LogP contribution in [0.4, 0.5) is 0 Å². The fourth-order valence-corrected chi connectivity index (χ4v) is 3.29. The summed E-state index contributed by atoms with van der Waals surface area (Å²) < 4.78 is 3.10. The highest BCUT2D eigenvalue weighted by Crippen LogP contribution is 2.17. The van der Waals surface area contributed by atoms with Crippen LogP contribution in [0.2, 0.25) is 0 Å². The minimum Gasteiger partial charge on any atom is -0.337 e. The molecular weight excluding hydrogens is 294 g/mol. The highest BCUT2D eigenvalue weighted by Gasteiger charge is 2.30. The molecule has 118 valence electrons. The molecule has 3 heterocycles. The van der Waals surface area contributed by atoms with Crippen LogP contribution in [0.25, 0.3) is 16.7 Å². The number of aromatic amines is 1. The number of likely N-dealkylation sites (tertiary alicyclic amines) is 1. The molecule has 2 aromatic heterocycles. The van der Waals surface area contributed by atoms with Gasteiger partial charge in [0.1, 0.15) is 12.6 Å². The van der Waals surface area contributed by atoms with E-state index in [2.05, 4.69) is 10.1 Å². The number of nitrogens with one attached hydrogen (secondary N) is 1. The first-order chi connectivity index (χ1) is 11.2. The highest BCUT2D eigenvalue weighted by atomic mass is 16.2. The number of H-pyrrole nitrogens is 1. The molecule has 0 spiro atoms. The van der Waals surface area contributed by atoms with Gasteiger partial charge in [0, 0.05) is 13.1 Å². The van der Waals surface area contributed by atoms with Gasteiger partial charge in [0.15, 0.2) is 5.52 Å². The number of aryl methyl sites for hydroxylation is 1. The zero-order valence-corrected chi connectivity index (χ0v) is 13.0. The Hall–Kier alpha value is -2.70. The average molecular weight is 312 g/mol. The normalized spacial score (nSPS) is 15.4. The molecule has 23 heavy (non-hydrogen) atoms. The second-order valence-electron chi connectivity index (χ2n) is 5.94. The third kappa shape index (κ3) is 2.11. The maximum atomic E-state index is 12.9. The second kappa shape index (κ2) is 5.19. The summed E-state index contributed by atoms with van der Waals surface area (Å²) in [6.07, 6.45) is 3.19. The summed E-state index contributed by atoms with van der Waals surface area (Å²) in [7, 11) is 1.72. The number of hydrogen-bond donors (Lipinski definition) is 1. The van der Waals surface area contributed by atoms with Crippen molar-refractivity contribution in [3.05, 3.63) is 40.4 Å². The molecule has 0 atom stereocenters. The third-order valence-corrected chi connectivity index (χ3v) is 4.41. The lowest BCUT2D eigenvalue weighted by Gasteiger charge is -2.25. The van der Waals surface area contributed by atoms with E-state index in [0.717, 1.165) is 32.4 Å². The number of amides is 1. The molecule has 1 amide bonds. The molecule has 1 aromatic carbocycles. The Bertz CT molecular complexity index is 966. The van der Waals surface area contributed by atoms with Gasteiger partial charge in [0.2, 0.25) is 5.69 Å². The maximum Gasteiger partial charge on any atom is 0.449 e. The Kier molecular flexibility index (Phi) is 3.14. The van der Waals surface area contributed by atoms with E-state index in [-0.39, 0.29) is 11.6 Å². The Morgan fingerprint density at radius 2 is 1.96 bits per heavy atom. The second-order valence-corrected chi connectivity index (χ2v) is 5.94. The fraction of sp³-hybridized carbons (Fsp3) is 0.375. The van der Waals surface area contributed by atoms with E-state index < -0.39 is 0 Å². The standard InChI is InChI=1S/C16H17N5O2/c1-19-14-13(15(22)20-9-5-2-6-10-20)17-11-7-3-4-8-12(11)21(14)16(23)18-19/h3-4,7-8H,2,5-6,9-10H2,1H3/p+1. The summed E-state index contributed by atoms with van der Waals surface area (Å²) >= 11 is 0. The Labute approximate surface area is 132 Å². The summed E-state index contributed by atoms with van der Waals surface area (Å²) in [5.41, 5.74) is 1.89. The van der Waals surface area contributed by atoms with Gasteiger partial charge in [-0.05, 0) is 31.4 Å². The first-order valence-electron chi connectivity index (χ1n) is 7.85. The van der Waals surface area contributed by atoms with Crippen molar-refractivity contribution in [1.82, 2.24) is 19.4 Å². The Morgan fingerprint density at radius 1 is 1.22 bits per heavy atom. The van der Waals surface area contributed by atoms with Crippen molar-refractivity contribution in [3.63, 3.8) is 0 Å². The van der Waals surface area contributed by atoms with Crippen LogP contribution < -0.4 is 10.4 Å². The van der Waals surface area contributed by atoms with E-state index in [9.17, 15) is 9.59 Å². The molecule has 7 heteroatoms. The highest BCUT2D eigenvalue weighted by molar-refractivity contribution is 5.99. The fourth-order valence-electron chi connectivity index (χ4n) is 3.29. The quantitative estimate of drug-likeness (QED) is 0.670. The topological polar surface area (TPSA) is 74.3 Å². The summed E-state index contributed by atoms with van der Waals surface area (Å²) in [6, 6.07) is 7.37.